The first-order chi connectivity index (χ1) is 10.1. The summed E-state index contributed by atoms with van der Waals surface area (Å²) in [5, 5.41) is 3.45. The van der Waals surface area contributed by atoms with Crippen molar-refractivity contribution in [1.82, 2.24) is 5.32 Å². The Morgan fingerprint density at radius 2 is 1.86 bits per heavy atom. The van der Waals surface area contributed by atoms with E-state index in [0.717, 1.165) is 24.7 Å². The molecule has 0 aromatic heterocycles. The van der Waals surface area contributed by atoms with E-state index >= 15 is 0 Å². The molecule has 3 nitrogen and oxygen atoms in total. The molecule has 0 fully saturated rings. The Bertz CT molecular complexity index is 404. The van der Waals surface area contributed by atoms with Gasteiger partial charge >= 0.3 is 0 Å². The summed E-state index contributed by atoms with van der Waals surface area (Å²) in [6.45, 7) is 12.9. The Morgan fingerprint density at radius 1 is 1.10 bits per heavy atom. The number of para-hydroxylation sites is 1. The molecule has 0 saturated carbocycles. The van der Waals surface area contributed by atoms with Gasteiger partial charge in [-0.05, 0) is 25.3 Å². The quantitative estimate of drug-likeness (QED) is 0.693. The van der Waals surface area contributed by atoms with Crippen LogP contribution in [0.3, 0.4) is 0 Å². The molecule has 0 aliphatic carbocycles. The van der Waals surface area contributed by atoms with E-state index in [4.69, 9.17) is 9.47 Å². The van der Waals surface area contributed by atoms with E-state index in [1.165, 1.54) is 18.4 Å². The van der Waals surface area contributed by atoms with Gasteiger partial charge in [0.2, 0.25) is 0 Å². The molecule has 1 N–H and O–H groups in total. The van der Waals surface area contributed by atoms with Crippen LogP contribution in [-0.2, 0) is 6.54 Å². The summed E-state index contributed by atoms with van der Waals surface area (Å²) < 4.78 is 11.8. The molecule has 0 heterocycles. The lowest BCUT2D eigenvalue weighted by Gasteiger charge is -2.19. The first-order valence-corrected chi connectivity index (χ1v) is 8.19. The summed E-state index contributed by atoms with van der Waals surface area (Å²) in [7, 11) is 0. The van der Waals surface area contributed by atoms with Crippen LogP contribution in [0.4, 0.5) is 0 Å². The van der Waals surface area contributed by atoms with Crippen LogP contribution in [0.5, 0.6) is 11.5 Å². The van der Waals surface area contributed by atoms with Crippen molar-refractivity contribution < 1.29 is 9.47 Å². The third-order valence-electron chi connectivity index (χ3n) is 3.35. The normalized spacial score (nSPS) is 12.5. The highest BCUT2D eigenvalue weighted by atomic mass is 16.5. The summed E-state index contributed by atoms with van der Waals surface area (Å²) in [6, 6.07) is 6.58. The molecular weight excluding hydrogens is 262 g/mol. The largest absolute Gasteiger partial charge is 0.490 e. The van der Waals surface area contributed by atoms with Gasteiger partial charge in [-0.25, -0.2) is 0 Å². The molecule has 3 heteroatoms. The number of hydrogen-bond acceptors (Lipinski definition) is 3. The fraction of sp³-hybridized carbons (Fsp3) is 0.667. The molecule has 1 atom stereocenters. The Labute approximate surface area is 130 Å². The molecule has 1 aromatic carbocycles. The highest BCUT2D eigenvalue weighted by molar-refractivity contribution is 5.46. The van der Waals surface area contributed by atoms with Crippen molar-refractivity contribution >= 4 is 0 Å². The molecule has 0 aliphatic heterocycles. The predicted octanol–water partition coefficient (Wildman–Crippen LogP) is 4.40. The lowest BCUT2D eigenvalue weighted by molar-refractivity contribution is 0.231. The third-order valence-corrected chi connectivity index (χ3v) is 3.35. The van der Waals surface area contributed by atoms with Gasteiger partial charge in [-0.15, -0.1) is 0 Å². The van der Waals surface area contributed by atoms with Crippen LogP contribution >= 0.6 is 0 Å². The van der Waals surface area contributed by atoms with E-state index in [2.05, 4.69) is 39.1 Å². The van der Waals surface area contributed by atoms with Crippen LogP contribution in [0.25, 0.3) is 0 Å². The minimum absolute atomic E-state index is 0.451. The van der Waals surface area contributed by atoms with Crippen LogP contribution in [0.1, 0.15) is 53.0 Å². The topological polar surface area (TPSA) is 30.5 Å². The van der Waals surface area contributed by atoms with Gasteiger partial charge in [-0.2, -0.15) is 0 Å². The Kier molecular flexibility index (Phi) is 8.21. The molecule has 0 aliphatic rings. The maximum absolute atomic E-state index is 6.10. The number of nitrogens with one attached hydrogen (secondary N) is 1. The van der Waals surface area contributed by atoms with E-state index in [0.29, 0.717) is 18.6 Å². The number of hydrogen-bond donors (Lipinski definition) is 1. The van der Waals surface area contributed by atoms with E-state index in [1.807, 2.05) is 19.1 Å². The smallest absolute Gasteiger partial charge is 0.165 e. The standard InChI is InChI=1S/C18H31NO2/c1-6-9-15(5)13-21-18-16(12-19-14(3)4)10-8-11-17(18)20-7-2/h8,10-11,14-15,19H,6-7,9,12-13H2,1-5H3. The van der Waals surface area contributed by atoms with Crippen molar-refractivity contribution in [2.45, 2.75) is 60.0 Å². The minimum Gasteiger partial charge on any atom is -0.490 e. The van der Waals surface area contributed by atoms with Gasteiger partial charge in [0.05, 0.1) is 13.2 Å². The van der Waals surface area contributed by atoms with E-state index in [1.54, 1.807) is 0 Å². The van der Waals surface area contributed by atoms with Crippen LogP contribution in [0, 0.1) is 5.92 Å². The van der Waals surface area contributed by atoms with Crippen molar-refractivity contribution in [3.63, 3.8) is 0 Å². The van der Waals surface area contributed by atoms with Gasteiger partial charge in [0.25, 0.3) is 0 Å². The molecule has 0 bridgehead atoms. The second kappa shape index (κ2) is 9.67. The average molecular weight is 293 g/mol. The first kappa shape index (κ1) is 17.8. The Hall–Kier alpha value is -1.22. The lowest BCUT2D eigenvalue weighted by atomic mass is 10.1. The fourth-order valence-corrected chi connectivity index (χ4v) is 2.25. The van der Waals surface area contributed by atoms with Gasteiger partial charge < -0.3 is 14.8 Å². The van der Waals surface area contributed by atoms with E-state index in [-0.39, 0.29) is 0 Å². The number of rotatable bonds is 10. The minimum atomic E-state index is 0.451. The van der Waals surface area contributed by atoms with E-state index in [9.17, 15) is 0 Å². The van der Waals surface area contributed by atoms with Crippen LogP contribution in [-0.4, -0.2) is 19.3 Å². The van der Waals surface area contributed by atoms with Crippen molar-refractivity contribution in [2.75, 3.05) is 13.2 Å². The fourth-order valence-electron chi connectivity index (χ4n) is 2.25. The molecule has 1 aromatic rings. The van der Waals surface area contributed by atoms with Crippen LogP contribution in [0.2, 0.25) is 0 Å². The van der Waals surface area contributed by atoms with Crippen molar-refractivity contribution in [3.05, 3.63) is 23.8 Å². The SMILES string of the molecule is CCCC(C)COc1c(CNC(C)C)cccc1OCC. The summed E-state index contributed by atoms with van der Waals surface area (Å²) in [6.07, 6.45) is 2.38. The zero-order chi connectivity index (χ0) is 15.7. The summed E-state index contributed by atoms with van der Waals surface area (Å²) in [4.78, 5) is 0. The highest BCUT2D eigenvalue weighted by Crippen LogP contribution is 2.32. The Balaban J connectivity index is 2.83. The molecule has 0 saturated heterocycles. The zero-order valence-corrected chi connectivity index (χ0v) is 14.2. The molecule has 0 radical (unpaired) electrons. The van der Waals surface area contributed by atoms with Gasteiger partial charge in [-0.1, -0.05) is 46.2 Å². The molecule has 21 heavy (non-hydrogen) atoms. The molecule has 1 unspecified atom stereocenters. The Morgan fingerprint density at radius 3 is 2.48 bits per heavy atom. The number of benzene rings is 1. The van der Waals surface area contributed by atoms with Crippen LogP contribution in [0.15, 0.2) is 18.2 Å². The summed E-state index contributed by atoms with van der Waals surface area (Å²) in [5.74, 6) is 2.32. The first-order valence-electron chi connectivity index (χ1n) is 8.19. The van der Waals surface area contributed by atoms with Gasteiger partial charge in [-0.3, -0.25) is 0 Å². The second-order valence-electron chi connectivity index (χ2n) is 5.92. The lowest BCUT2D eigenvalue weighted by Crippen LogP contribution is -2.22. The molecule has 120 valence electrons. The molecule has 0 spiro atoms. The molecule has 0 amide bonds. The maximum Gasteiger partial charge on any atom is 0.165 e. The molecule has 1 rings (SSSR count). The van der Waals surface area contributed by atoms with Gasteiger partial charge in [0, 0.05) is 18.2 Å². The zero-order valence-electron chi connectivity index (χ0n) is 14.2. The van der Waals surface area contributed by atoms with Crippen molar-refractivity contribution in [1.29, 1.82) is 0 Å². The third kappa shape index (κ3) is 6.38. The second-order valence-corrected chi connectivity index (χ2v) is 5.92. The van der Waals surface area contributed by atoms with Crippen molar-refractivity contribution in [2.24, 2.45) is 5.92 Å². The van der Waals surface area contributed by atoms with Crippen molar-refractivity contribution in [3.8, 4) is 11.5 Å². The summed E-state index contributed by atoms with van der Waals surface area (Å²) >= 11 is 0. The van der Waals surface area contributed by atoms with E-state index < -0.39 is 0 Å². The van der Waals surface area contributed by atoms with Crippen LogP contribution < -0.4 is 14.8 Å². The van der Waals surface area contributed by atoms with Gasteiger partial charge in [0.1, 0.15) is 0 Å². The monoisotopic (exact) mass is 293 g/mol. The highest BCUT2D eigenvalue weighted by Gasteiger charge is 2.13. The average Bonchev–Trinajstić information content (AvgIpc) is 2.44. The molecular formula is C18H31NO2. The number of ether oxygens (including phenoxy) is 2. The maximum atomic E-state index is 6.10. The summed E-state index contributed by atoms with van der Waals surface area (Å²) in [5.41, 5.74) is 1.17. The van der Waals surface area contributed by atoms with Gasteiger partial charge in [0.15, 0.2) is 11.5 Å². The predicted molar refractivity (Wildman–Crippen MR) is 89.2 cm³/mol.